The summed E-state index contributed by atoms with van der Waals surface area (Å²) in [6.45, 7) is 9.86. The number of carbonyl (C=O) groups excluding carboxylic acids is 1. The fourth-order valence-electron chi connectivity index (χ4n) is 3.66. The van der Waals surface area contributed by atoms with Crippen LogP contribution in [0.2, 0.25) is 0 Å². The SMILES string of the molecule is COc1ccccc1N1CCN(CCNC(=O)Cc2ccc(SC(C)C)cc2)CC1. The summed E-state index contributed by atoms with van der Waals surface area (Å²) in [5, 5.41) is 3.63. The highest BCUT2D eigenvalue weighted by Gasteiger charge is 2.19. The van der Waals surface area contributed by atoms with Crippen molar-refractivity contribution >= 4 is 23.4 Å². The Hall–Kier alpha value is -2.18. The molecule has 0 unspecified atom stereocenters. The number of piperazine rings is 1. The van der Waals surface area contributed by atoms with E-state index in [1.165, 1.54) is 4.90 Å². The van der Waals surface area contributed by atoms with E-state index in [-0.39, 0.29) is 5.91 Å². The number of nitrogens with one attached hydrogen (secondary N) is 1. The lowest BCUT2D eigenvalue weighted by Gasteiger charge is -2.36. The number of nitrogens with zero attached hydrogens (tertiary/aromatic N) is 2. The number of anilines is 1. The first-order chi connectivity index (χ1) is 14.5. The average Bonchev–Trinajstić information content (AvgIpc) is 2.75. The lowest BCUT2D eigenvalue weighted by atomic mass is 10.1. The fraction of sp³-hybridized carbons (Fsp3) is 0.458. The fourth-order valence-corrected chi connectivity index (χ4v) is 4.50. The highest BCUT2D eigenvalue weighted by molar-refractivity contribution is 7.99. The Kier molecular flexibility index (Phi) is 8.46. The minimum Gasteiger partial charge on any atom is -0.495 e. The molecule has 2 aromatic carbocycles. The number of benzene rings is 2. The number of rotatable bonds is 9. The second kappa shape index (κ2) is 11.3. The summed E-state index contributed by atoms with van der Waals surface area (Å²) < 4.78 is 5.48. The molecule has 0 aromatic heterocycles. The lowest BCUT2D eigenvalue weighted by molar-refractivity contribution is -0.120. The molecule has 30 heavy (non-hydrogen) atoms. The summed E-state index contributed by atoms with van der Waals surface area (Å²) in [6, 6.07) is 16.5. The van der Waals surface area contributed by atoms with Crippen LogP contribution in [0, 0.1) is 0 Å². The molecule has 0 saturated carbocycles. The van der Waals surface area contributed by atoms with Gasteiger partial charge < -0.3 is 15.0 Å². The van der Waals surface area contributed by atoms with Gasteiger partial charge in [0.2, 0.25) is 5.91 Å². The van der Waals surface area contributed by atoms with Crippen molar-refractivity contribution in [1.82, 2.24) is 10.2 Å². The van der Waals surface area contributed by atoms with Crippen LogP contribution in [0.25, 0.3) is 0 Å². The zero-order valence-corrected chi connectivity index (χ0v) is 19.1. The van der Waals surface area contributed by atoms with Crippen molar-refractivity contribution in [3.8, 4) is 5.75 Å². The van der Waals surface area contributed by atoms with Crippen molar-refractivity contribution < 1.29 is 9.53 Å². The standard InChI is InChI=1S/C24H33N3O2S/c1-19(2)30-21-10-8-20(9-11-21)18-24(28)25-12-13-26-14-16-27(17-15-26)22-6-4-5-7-23(22)29-3/h4-11,19H,12-18H2,1-3H3,(H,25,28). The first kappa shape index (κ1) is 22.5. The highest BCUT2D eigenvalue weighted by Crippen LogP contribution is 2.28. The van der Waals surface area contributed by atoms with Crippen molar-refractivity contribution in [2.75, 3.05) is 51.3 Å². The normalized spacial score (nSPS) is 14.7. The van der Waals surface area contributed by atoms with Gasteiger partial charge in [-0.3, -0.25) is 9.69 Å². The molecule has 1 N–H and O–H groups in total. The Labute approximate surface area is 184 Å². The molecule has 0 radical (unpaired) electrons. The van der Waals surface area contributed by atoms with Gasteiger partial charge in [0, 0.05) is 49.4 Å². The maximum atomic E-state index is 12.3. The number of amides is 1. The number of ether oxygens (including phenoxy) is 1. The monoisotopic (exact) mass is 427 g/mol. The molecule has 3 rings (SSSR count). The van der Waals surface area contributed by atoms with E-state index in [0.717, 1.165) is 49.7 Å². The molecule has 6 heteroatoms. The molecular formula is C24H33N3O2S. The van der Waals surface area contributed by atoms with Crippen molar-refractivity contribution in [1.29, 1.82) is 0 Å². The van der Waals surface area contributed by atoms with Crippen LogP contribution in [0.5, 0.6) is 5.75 Å². The van der Waals surface area contributed by atoms with Crippen LogP contribution in [-0.2, 0) is 11.2 Å². The molecule has 0 bridgehead atoms. The van der Waals surface area contributed by atoms with Gasteiger partial charge >= 0.3 is 0 Å². The van der Waals surface area contributed by atoms with Crippen LogP contribution in [0.3, 0.4) is 0 Å². The molecule has 1 saturated heterocycles. The Morgan fingerprint density at radius 1 is 1.07 bits per heavy atom. The Morgan fingerprint density at radius 3 is 2.43 bits per heavy atom. The third-order valence-electron chi connectivity index (χ3n) is 5.21. The maximum Gasteiger partial charge on any atom is 0.224 e. The minimum absolute atomic E-state index is 0.0897. The number of para-hydroxylation sites is 2. The molecule has 0 spiro atoms. The predicted molar refractivity (Wildman–Crippen MR) is 126 cm³/mol. The molecule has 5 nitrogen and oxygen atoms in total. The Morgan fingerprint density at radius 2 is 1.77 bits per heavy atom. The number of hydrogen-bond acceptors (Lipinski definition) is 5. The van der Waals surface area contributed by atoms with Crippen molar-refractivity contribution in [2.45, 2.75) is 30.4 Å². The van der Waals surface area contributed by atoms with E-state index >= 15 is 0 Å². The molecule has 0 atom stereocenters. The van der Waals surface area contributed by atoms with Crippen molar-refractivity contribution in [3.63, 3.8) is 0 Å². The topological polar surface area (TPSA) is 44.8 Å². The van der Waals surface area contributed by atoms with Crippen molar-refractivity contribution in [2.24, 2.45) is 0 Å². The van der Waals surface area contributed by atoms with Gasteiger partial charge in [0.25, 0.3) is 0 Å². The minimum atomic E-state index is 0.0897. The van der Waals surface area contributed by atoms with Gasteiger partial charge in [-0.05, 0) is 29.8 Å². The van der Waals surface area contributed by atoms with Gasteiger partial charge in [0.1, 0.15) is 5.75 Å². The maximum absolute atomic E-state index is 12.3. The van der Waals surface area contributed by atoms with Crippen LogP contribution in [0.4, 0.5) is 5.69 Å². The van der Waals surface area contributed by atoms with E-state index in [1.807, 2.05) is 23.9 Å². The van der Waals surface area contributed by atoms with Crippen LogP contribution in [0.15, 0.2) is 53.4 Å². The zero-order valence-electron chi connectivity index (χ0n) is 18.3. The van der Waals surface area contributed by atoms with E-state index in [1.54, 1.807) is 7.11 Å². The molecule has 1 aliphatic heterocycles. The number of hydrogen-bond donors (Lipinski definition) is 1. The smallest absolute Gasteiger partial charge is 0.224 e. The molecule has 2 aromatic rings. The third kappa shape index (κ3) is 6.67. The van der Waals surface area contributed by atoms with E-state index in [4.69, 9.17) is 4.74 Å². The van der Waals surface area contributed by atoms with Crippen LogP contribution >= 0.6 is 11.8 Å². The second-order valence-electron chi connectivity index (χ2n) is 7.84. The van der Waals surface area contributed by atoms with Crippen molar-refractivity contribution in [3.05, 3.63) is 54.1 Å². The van der Waals surface area contributed by atoms with E-state index in [9.17, 15) is 4.79 Å². The van der Waals surface area contributed by atoms with Gasteiger partial charge in [-0.2, -0.15) is 0 Å². The van der Waals surface area contributed by atoms with E-state index in [2.05, 4.69) is 65.4 Å². The highest BCUT2D eigenvalue weighted by atomic mass is 32.2. The molecule has 1 fully saturated rings. The summed E-state index contributed by atoms with van der Waals surface area (Å²) in [7, 11) is 1.72. The first-order valence-corrected chi connectivity index (χ1v) is 11.6. The molecular weight excluding hydrogens is 394 g/mol. The van der Waals surface area contributed by atoms with Crippen LogP contribution < -0.4 is 15.0 Å². The lowest BCUT2D eigenvalue weighted by Crippen LogP contribution is -2.48. The van der Waals surface area contributed by atoms with Gasteiger partial charge in [-0.1, -0.05) is 38.1 Å². The molecule has 1 amide bonds. The average molecular weight is 428 g/mol. The number of carbonyl (C=O) groups is 1. The molecule has 1 heterocycles. The second-order valence-corrected chi connectivity index (χ2v) is 9.49. The third-order valence-corrected chi connectivity index (χ3v) is 6.22. The predicted octanol–water partition coefficient (Wildman–Crippen LogP) is 3.68. The summed E-state index contributed by atoms with van der Waals surface area (Å²) in [5.41, 5.74) is 2.22. The van der Waals surface area contributed by atoms with Gasteiger partial charge in [-0.15, -0.1) is 11.8 Å². The summed E-state index contributed by atoms with van der Waals surface area (Å²) >= 11 is 1.84. The van der Waals surface area contributed by atoms with E-state index in [0.29, 0.717) is 18.2 Å². The summed E-state index contributed by atoms with van der Waals surface area (Å²) in [4.78, 5) is 18.3. The van der Waals surface area contributed by atoms with Crippen LogP contribution in [-0.4, -0.2) is 62.4 Å². The van der Waals surface area contributed by atoms with Crippen LogP contribution in [0.1, 0.15) is 19.4 Å². The summed E-state index contributed by atoms with van der Waals surface area (Å²) in [5.74, 6) is 1.01. The van der Waals surface area contributed by atoms with Gasteiger partial charge in [-0.25, -0.2) is 0 Å². The first-order valence-electron chi connectivity index (χ1n) is 10.7. The van der Waals surface area contributed by atoms with E-state index < -0.39 is 0 Å². The van der Waals surface area contributed by atoms with Gasteiger partial charge in [0.15, 0.2) is 0 Å². The Balaban J connectivity index is 1.36. The summed E-state index contributed by atoms with van der Waals surface area (Å²) in [6.07, 6.45) is 0.439. The van der Waals surface area contributed by atoms with Gasteiger partial charge in [0.05, 0.1) is 19.2 Å². The molecule has 0 aliphatic carbocycles. The molecule has 162 valence electrons. The Bertz CT molecular complexity index is 802. The quantitative estimate of drug-likeness (QED) is 0.619. The number of methoxy groups -OCH3 is 1. The number of thioether (sulfide) groups is 1. The largest absolute Gasteiger partial charge is 0.495 e. The zero-order chi connectivity index (χ0) is 21.3. The molecule has 1 aliphatic rings.